The highest BCUT2D eigenvalue weighted by Crippen LogP contribution is 2.05. The molecule has 0 aliphatic carbocycles. The standard InChI is InChI=1S/C13H14O3/c1-3-7-10(2)12(14)16-13(15)11-8-5-4-6-9-11/h4-9H,3H2,1-2H3. The summed E-state index contributed by atoms with van der Waals surface area (Å²) in [6, 6.07) is 8.44. The molecular formula is C13H14O3. The molecule has 0 heterocycles. The monoisotopic (exact) mass is 218 g/mol. The molecule has 3 heteroatoms. The van der Waals surface area contributed by atoms with Crippen molar-refractivity contribution in [1.82, 2.24) is 0 Å². The maximum Gasteiger partial charge on any atom is 0.346 e. The summed E-state index contributed by atoms with van der Waals surface area (Å²) in [5.41, 5.74) is 0.826. The molecule has 16 heavy (non-hydrogen) atoms. The van der Waals surface area contributed by atoms with Gasteiger partial charge in [-0.1, -0.05) is 31.2 Å². The first-order chi connectivity index (χ1) is 7.65. The Kier molecular flexibility index (Phi) is 4.45. The van der Waals surface area contributed by atoms with Crippen molar-refractivity contribution in [2.75, 3.05) is 0 Å². The van der Waals surface area contributed by atoms with Gasteiger partial charge in [-0.25, -0.2) is 9.59 Å². The first-order valence-electron chi connectivity index (χ1n) is 5.13. The third-order valence-corrected chi connectivity index (χ3v) is 2.03. The lowest BCUT2D eigenvalue weighted by Gasteiger charge is -2.02. The third-order valence-electron chi connectivity index (χ3n) is 2.03. The molecule has 0 fully saturated rings. The van der Waals surface area contributed by atoms with E-state index in [0.717, 1.165) is 6.42 Å². The highest BCUT2D eigenvalue weighted by Gasteiger charge is 2.13. The van der Waals surface area contributed by atoms with E-state index in [1.807, 2.05) is 6.92 Å². The number of hydrogen-bond donors (Lipinski definition) is 0. The van der Waals surface area contributed by atoms with Gasteiger partial charge < -0.3 is 4.74 Å². The molecular weight excluding hydrogens is 204 g/mol. The van der Waals surface area contributed by atoms with Gasteiger partial charge in [0.05, 0.1) is 5.56 Å². The van der Waals surface area contributed by atoms with Crippen LogP contribution in [0.5, 0.6) is 0 Å². The first kappa shape index (κ1) is 12.2. The Bertz CT molecular complexity index is 404. The van der Waals surface area contributed by atoms with Gasteiger partial charge in [0.2, 0.25) is 0 Å². The molecule has 0 unspecified atom stereocenters. The average molecular weight is 218 g/mol. The zero-order valence-corrected chi connectivity index (χ0v) is 9.40. The Morgan fingerprint density at radius 3 is 2.44 bits per heavy atom. The van der Waals surface area contributed by atoms with Gasteiger partial charge in [-0.3, -0.25) is 0 Å². The van der Waals surface area contributed by atoms with E-state index in [1.165, 1.54) is 0 Å². The summed E-state index contributed by atoms with van der Waals surface area (Å²) < 4.78 is 4.70. The van der Waals surface area contributed by atoms with Gasteiger partial charge in [0.15, 0.2) is 0 Å². The predicted molar refractivity (Wildman–Crippen MR) is 60.9 cm³/mol. The van der Waals surface area contributed by atoms with E-state index in [9.17, 15) is 9.59 Å². The maximum absolute atomic E-state index is 11.5. The topological polar surface area (TPSA) is 43.4 Å². The largest absolute Gasteiger partial charge is 0.386 e. The Morgan fingerprint density at radius 2 is 1.88 bits per heavy atom. The average Bonchev–Trinajstić information content (AvgIpc) is 2.30. The van der Waals surface area contributed by atoms with Crippen molar-refractivity contribution in [3.63, 3.8) is 0 Å². The molecule has 3 nitrogen and oxygen atoms in total. The van der Waals surface area contributed by atoms with E-state index in [4.69, 9.17) is 4.74 Å². The number of allylic oxidation sites excluding steroid dienone is 1. The van der Waals surface area contributed by atoms with Gasteiger partial charge in [0.25, 0.3) is 0 Å². The zero-order chi connectivity index (χ0) is 12.0. The van der Waals surface area contributed by atoms with Crippen LogP contribution >= 0.6 is 0 Å². The molecule has 0 saturated carbocycles. The lowest BCUT2D eigenvalue weighted by molar-refractivity contribution is -0.133. The minimum Gasteiger partial charge on any atom is -0.386 e. The third kappa shape index (κ3) is 3.35. The van der Waals surface area contributed by atoms with E-state index in [2.05, 4.69) is 0 Å². The molecule has 0 atom stereocenters. The molecule has 0 bridgehead atoms. The fraction of sp³-hybridized carbons (Fsp3) is 0.231. The predicted octanol–water partition coefficient (Wildman–Crippen LogP) is 2.73. The summed E-state index contributed by atoms with van der Waals surface area (Å²) in [4.78, 5) is 22.9. The molecule has 0 aromatic heterocycles. The summed E-state index contributed by atoms with van der Waals surface area (Å²) in [6.07, 6.45) is 2.46. The summed E-state index contributed by atoms with van der Waals surface area (Å²) in [7, 11) is 0. The highest BCUT2D eigenvalue weighted by atomic mass is 16.6. The smallest absolute Gasteiger partial charge is 0.346 e. The molecule has 1 rings (SSSR count). The number of ether oxygens (including phenoxy) is 1. The second-order valence-corrected chi connectivity index (χ2v) is 3.34. The second kappa shape index (κ2) is 5.85. The Balaban J connectivity index is 2.66. The van der Waals surface area contributed by atoms with Crippen molar-refractivity contribution in [1.29, 1.82) is 0 Å². The summed E-state index contributed by atoms with van der Waals surface area (Å²) in [6.45, 7) is 3.54. The van der Waals surface area contributed by atoms with E-state index >= 15 is 0 Å². The number of carbonyl (C=O) groups is 2. The lowest BCUT2D eigenvalue weighted by atomic mass is 10.2. The van der Waals surface area contributed by atoms with Crippen LogP contribution in [0.1, 0.15) is 30.6 Å². The zero-order valence-electron chi connectivity index (χ0n) is 9.40. The molecule has 0 saturated heterocycles. The van der Waals surface area contributed by atoms with E-state index in [-0.39, 0.29) is 0 Å². The molecule has 0 spiro atoms. The molecule has 0 aliphatic heterocycles. The Morgan fingerprint density at radius 1 is 1.25 bits per heavy atom. The fourth-order valence-corrected chi connectivity index (χ4v) is 1.19. The summed E-state index contributed by atoms with van der Waals surface area (Å²) >= 11 is 0. The van der Waals surface area contributed by atoms with Crippen LogP contribution in [0.2, 0.25) is 0 Å². The van der Waals surface area contributed by atoms with E-state index in [0.29, 0.717) is 11.1 Å². The SMILES string of the molecule is CCC=C(C)C(=O)OC(=O)c1ccccc1. The number of carbonyl (C=O) groups excluding carboxylic acids is 2. The molecule has 0 amide bonds. The van der Waals surface area contributed by atoms with Crippen molar-refractivity contribution in [3.8, 4) is 0 Å². The van der Waals surface area contributed by atoms with Gasteiger partial charge in [0, 0.05) is 5.57 Å². The Labute approximate surface area is 94.7 Å². The van der Waals surface area contributed by atoms with Crippen LogP contribution in [0.25, 0.3) is 0 Å². The van der Waals surface area contributed by atoms with Gasteiger partial charge in [-0.2, -0.15) is 0 Å². The summed E-state index contributed by atoms with van der Waals surface area (Å²) in [5, 5.41) is 0. The number of hydrogen-bond acceptors (Lipinski definition) is 3. The maximum atomic E-state index is 11.5. The van der Waals surface area contributed by atoms with Crippen LogP contribution in [-0.2, 0) is 9.53 Å². The van der Waals surface area contributed by atoms with Gasteiger partial charge in [-0.15, -0.1) is 0 Å². The molecule has 84 valence electrons. The quantitative estimate of drug-likeness (QED) is 0.445. The van der Waals surface area contributed by atoms with Gasteiger partial charge in [-0.05, 0) is 25.5 Å². The van der Waals surface area contributed by atoms with E-state index in [1.54, 1.807) is 43.3 Å². The van der Waals surface area contributed by atoms with Crippen molar-refractivity contribution >= 4 is 11.9 Å². The second-order valence-electron chi connectivity index (χ2n) is 3.34. The number of benzene rings is 1. The minimum absolute atomic E-state index is 0.375. The highest BCUT2D eigenvalue weighted by molar-refractivity contribution is 6.01. The van der Waals surface area contributed by atoms with Crippen LogP contribution in [0, 0.1) is 0 Å². The van der Waals surface area contributed by atoms with Gasteiger partial charge in [0.1, 0.15) is 0 Å². The van der Waals surface area contributed by atoms with Gasteiger partial charge >= 0.3 is 11.9 Å². The minimum atomic E-state index is -0.616. The normalized spacial score (nSPS) is 11.0. The van der Waals surface area contributed by atoms with Crippen molar-refractivity contribution in [2.45, 2.75) is 20.3 Å². The Hall–Kier alpha value is -1.90. The fourth-order valence-electron chi connectivity index (χ4n) is 1.19. The molecule has 0 N–H and O–H groups in total. The van der Waals surface area contributed by atoms with Crippen LogP contribution < -0.4 is 0 Å². The van der Waals surface area contributed by atoms with Crippen molar-refractivity contribution in [3.05, 3.63) is 47.5 Å². The number of esters is 2. The van der Waals surface area contributed by atoms with Crippen molar-refractivity contribution < 1.29 is 14.3 Å². The molecule has 0 radical (unpaired) electrons. The van der Waals surface area contributed by atoms with E-state index < -0.39 is 11.9 Å². The molecule has 1 aromatic rings. The van der Waals surface area contributed by atoms with Crippen LogP contribution in [0.15, 0.2) is 42.0 Å². The summed E-state index contributed by atoms with van der Waals surface area (Å²) in [5.74, 6) is -1.20. The van der Waals surface area contributed by atoms with Crippen LogP contribution in [0.3, 0.4) is 0 Å². The lowest BCUT2D eigenvalue weighted by Crippen LogP contribution is -2.13. The van der Waals surface area contributed by atoms with Crippen LogP contribution in [-0.4, -0.2) is 11.9 Å². The molecule has 0 aliphatic rings. The van der Waals surface area contributed by atoms with Crippen molar-refractivity contribution in [2.24, 2.45) is 0 Å². The number of rotatable bonds is 3. The van der Waals surface area contributed by atoms with Crippen LogP contribution in [0.4, 0.5) is 0 Å². The first-order valence-corrected chi connectivity index (χ1v) is 5.13. The molecule has 1 aromatic carbocycles.